The van der Waals surface area contributed by atoms with Gasteiger partial charge in [-0.1, -0.05) is 11.6 Å². The van der Waals surface area contributed by atoms with E-state index in [1.165, 1.54) is 29.5 Å². The van der Waals surface area contributed by atoms with Crippen LogP contribution in [0.25, 0.3) is 10.9 Å². The Labute approximate surface area is 338 Å². The van der Waals surface area contributed by atoms with Crippen molar-refractivity contribution in [2.24, 2.45) is 0 Å². The number of nitriles is 2. The summed E-state index contributed by atoms with van der Waals surface area (Å²) in [6.45, 7) is 8.43. The summed E-state index contributed by atoms with van der Waals surface area (Å²) < 4.78 is 11.7. The number of ether oxygens (including phenoxy) is 2. The number of hydrogen-bond acceptors (Lipinski definition) is 14. The summed E-state index contributed by atoms with van der Waals surface area (Å²) in [6, 6.07) is 11.1. The third-order valence-corrected chi connectivity index (χ3v) is 8.67. The van der Waals surface area contributed by atoms with Crippen LogP contribution in [0.3, 0.4) is 0 Å². The summed E-state index contributed by atoms with van der Waals surface area (Å²) in [7, 11) is 0. The topological polar surface area (TPSA) is 282 Å². The van der Waals surface area contributed by atoms with Crippen molar-refractivity contribution in [3.63, 3.8) is 0 Å². The standard InChI is InChI=1S/C24H19ClN8O.C6H7IN2O2.C6H9N3O2/c1-13-3-22(28)31-14(2)19(13)10-30-24(34)20-12-33(32-21(20)8-27)11-15-4-16-6-18(25)9-29-23(16)17(5-15)7-26;2*1-2-11-6(10)4-3-8-9-5(4)7/h3-6,9,12H,10-11H2,1-2H3,(H2,28,31)(H,30,34);3H,2H2,1H3,(H,8,9);3H,2H2,1H3,(H3,7,8,9). The highest BCUT2D eigenvalue weighted by molar-refractivity contribution is 14.1. The zero-order valence-corrected chi connectivity index (χ0v) is 33.4. The number of esters is 2. The van der Waals surface area contributed by atoms with Crippen molar-refractivity contribution < 1.29 is 23.9 Å². The molecule has 5 aromatic heterocycles. The van der Waals surface area contributed by atoms with Crippen molar-refractivity contribution in [3.8, 4) is 12.1 Å². The molecule has 0 aliphatic rings. The Balaban J connectivity index is 0.000000256. The number of hydrogen-bond donors (Lipinski definition) is 5. The lowest BCUT2D eigenvalue weighted by atomic mass is 10.1. The van der Waals surface area contributed by atoms with Crippen molar-refractivity contribution in [1.29, 1.82) is 10.5 Å². The Bertz CT molecular complexity index is 2390. The fourth-order valence-electron chi connectivity index (χ4n) is 5.11. The van der Waals surface area contributed by atoms with E-state index >= 15 is 0 Å². The largest absolute Gasteiger partial charge is 0.462 e. The predicted molar refractivity (Wildman–Crippen MR) is 213 cm³/mol. The minimum Gasteiger partial charge on any atom is -0.462 e. The number of benzene rings is 1. The Hall–Kier alpha value is -6.58. The van der Waals surface area contributed by atoms with Gasteiger partial charge in [-0.2, -0.15) is 25.8 Å². The van der Waals surface area contributed by atoms with Gasteiger partial charge < -0.3 is 26.3 Å². The Morgan fingerprint density at radius 3 is 2.21 bits per heavy atom. The first-order valence-corrected chi connectivity index (χ1v) is 18.0. The van der Waals surface area contributed by atoms with Crippen LogP contribution in [-0.2, 0) is 22.6 Å². The molecule has 1 amide bonds. The average Bonchev–Trinajstić information content (AvgIpc) is 3.91. The molecule has 0 aliphatic heterocycles. The van der Waals surface area contributed by atoms with E-state index in [0.29, 0.717) is 44.4 Å². The molecule has 0 spiro atoms. The fourth-order valence-corrected chi connectivity index (χ4v) is 5.77. The number of pyridine rings is 2. The third-order valence-electron chi connectivity index (χ3n) is 7.64. The number of halogens is 2. The van der Waals surface area contributed by atoms with Gasteiger partial charge in [-0.05, 0) is 91.2 Å². The summed E-state index contributed by atoms with van der Waals surface area (Å²) in [5.41, 5.74) is 16.3. The Morgan fingerprint density at radius 1 is 0.946 bits per heavy atom. The SMILES string of the molecule is CCOC(=O)c1cn[nH]c1I.CCOC(=O)c1cn[nH]c1N.Cc1cc(N)nc(C)c1CNC(=O)c1cn(Cc2cc(C#N)c3ncc(Cl)cc3c2)nc1C#N. The number of nitrogens with one attached hydrogen (secondary N) is 3. The van der Waals surface area contributed by atoms with Crippen LogP contribution in [0.2, 0.25) is 5.02 Å². The monoisotopic (exact) mass is 891 g/mol. The lowest BCUT2D eigenvalue weighted by Crippen LogP contribution is -2.24. The molecule has 0 saturated heterocycles. The molecule has 20 heteroatoms. The van der Waals surface area contributed by atoms with Gasteiger partial charge in [0.1, 0.15) is 38.6 Å². The molecule has 6 rings (SSSR count). The molecular formula is C36H35ClIN13O5. The van der Waals surface area contributed by atoms with Crippen molar-refractivity contribution in [2.45, 2.75) is 40.8 Å². The first-order valence-electron chi connectivity index (χ1n) is 16.6. The first-order chi connectivity index (χ1) is 26.8. The Morgan fingerprint density at radius 2 is 1.62 bits per heavy atom. The number of nitrogens with two attached hydrogens (primary N) is 2. The number of rotatable bonds is 9. The molecule has 7 N–H and O–H groups in total. The number of anilines is 2. The molecule has 6 aromatic rings. The molecule has 0 fully saturated rings. The summed E-state index contributed by atoms with van der Waals surface area (Å²) in [6.07, 6.45) is 5.81. The van der Waals surface area contributed by atoms with Crippen LogP contribution < -0.4 is 16.8 Å². The van der Waals surface area contributed by atoms with Crippen LogP contribution in [0, 0.1) is 40.2 Å². The van der Waals surface area contributed by atoms with Crippen molar-refractivity contribution in [3.05, 3.63) is 108 Å². The van der Waals surface area contributed by atoms with E-state index in [2.05, 4.69) is 51.6 Å². The van der Waals surface area contributed by atoms with E-state index in [-0.39, 0.29) is 41.7 Å². The van der Waals surface area contributed by atoms with Gasteiger partial charge in [0.25, 0.3) is 5.91 Å². The molecule has 5 heterocycles. The van der Waals surface area contributed by atoms with E-state index in [1.807, 2.05) is 48.6 Å². The summed E-state index contributed by atoms with van der Waals surface area (Å²) in [4.78, 5) is 43.3. The summed E-state index contributed by atoms with van der Waals surface area (Å²) >= 11 is 8.04. The second-order valence-electron chi connectivity index (χ2n) is 11.5. The number of fused-ring (bicyclic) bond motifs is 1. The van der Waals surface area contributed by atoms with E-state index in [1.54, 1.807) is 32.0 Å². The van der Waals surface area contributed by atoms with E-state index in [4.69, 9.17) is 27.8 Å². The fraction of sp³-hybridized carbons (Fsp3) is 0.222. The molecule has 18 nitrogen and oxygen atoms in total. The van der Waals surface area contributed by atoms with Gasteiger partial charge >= 0.3 is 11.9 Å². The number of nitrogens with zero attached hydrogens (tertiary/aromatic N) is 8. The van der Waals surface area contributed by atoms with Gasteiger partial charge in [-0.15, -0.1) is 0 Å². The number of H-pyrrole nitrogens is 2. The molecule has 0 saturated carbocycles. The Kier molecular flexibility index (Phi) is 14.8. The number of aryl methyl sites for hydroxylation is 2. The van der Waals surface area contributed by atoms with Gasteiger partial charge in [0.05, 0.1) is 53.8 Å². The van der Waals surface area contributed by atoms with E-state index in [9.17, 15) is 24.9 Å². The molecular weight excluding hydrogens is 857 g/mol. The lowest BCUT2D eigenvalue weighted by Gasteiger charge is -2.11. The minimum atomic E-state index is -0.446. The maximum atomic E-state index is 12.8. The third kappa shape index (κ3) is 10.8. The number of carbonyl (C=O) groups excluding carboxylic acids is 3. The van der Waals surface area contributed by atoms with Crippen LogP contribution in [-0.4, -0.2) is 71.2 Å². The molecule has 56 heavy (non-hydrogen) atoms. The second kappa shape index (κ2) is 19.7. The highest BCUT2D eigenvalue weighted by atomic mass is 127. The number of amides is 1. The van der Waals surface area contributed by atoms with Crippen molar-refractivity contribution in [1.82, 2.24) is 45.5 Å². The predicted octanol–water partition coefficient (Wildman–Crippen LogP) is 4.76. The van der Waals surface area contributed by atoms with Gasteiger partial charge in [-0.25, -0.2) is 14.6 Å². The molecule has 0 bridgehead atoms. The van der Waals surface area contributed by atoms with Gasteiger partial charge in [0.2, 0.25) is 0 Å². The summed E-state index contributed by atoms with van der Waals surface area (Å²) in [5.74, 6) is -0.539. The number of nitrogen functional groups attached to an aromatic ring is 2. The van der Waals surface area contributed by atoms with Gasteiger partial charge in [-0.3, -0.25) is 24.7 Å². The van der Waals surface area contributed by atoms with Crippen LogP contribution in [0.15, 0.2) is 49.1 Å². The molecule has 288 valence electrons. The molecule has 0 unspecified atom stereocenters. The lowest BCUT2D eigenvalue weighted by molar-refractivity contribution is 0.0516. The number of aromatic amines is 2. The zero-order chi connectivity index (χ0) is 40.9. The van der Waals surface area contributed by atoms with Gasteiger partial charge in [0.15, 0.2) is 5.69 Å². The molecule has 0 radical (unpaired) electrons. The second-order valence-corrected chi connectivity index (χ2v) is 13.0. The van der Waals surface area contributed by atoms with E-state index < -0.39 is 11.9 Å². The maximum absolute atomic E-state index is 12.8. The number of aromatic nitrogens is 8. The van der Waals surface area contributed by atoms with Crippen LogP contribution in [0.4, 0.5) is 11.6 Å². The van der Waals surface area contributed by atoms with Crippen molar-refractivity contribution >= 4 is 74.6 Å². The van der Waals surface area contributed by atoms with Crippen LogP contribution >= 0.6 is 34.2 Å². The smallest absolute Gasteiger partial charge is 0.343 e. The quantitative estimate of drug-likeness (QED) is 0.0967. The van der Waals surface area contributed by atoms with Gasteiger partial charge in [0, 0.05) is 30.0 Å². The summed E-state index contributed by atoms with van der Waals surface area (Å²) in [5, 5.41) is 39.6. The van der Waals surface area contributed by atoms with E-state index in [0.717, 1.165) is 27.8 Å². The molecule has 1 aromatic carbocycles. The highest BCUT2D eigenvalue weighted by Crippen LogP contribution is 2.23. The zero-order valence-electron chi connectivity index (χ0n) is 30.5. The minimum absolute atomic E-state index is 0.00684. The molecule has 0 aliphatic carbocycles. The molecule has 0 atom stereocenters. The number of carbonyl (C=O) groups is 3. The van der Waals surface area contributed by atoms with Crippen LogP contribution in [0.1, 0.15) is 78.6 Å². The normalized spacial score (nSPS) is 10.2. The van der Waals surface area contributed by atoms with Crippen LogP contribution in [0.5, 0.6) is 0 Å². The highest BCUT2D eigenvalue weighted by Gasteiger charge is 2.18. The first kappa shape index (κ1) is 42.2. The van der Waals surface area contributed by atoms with Crippen molar-refractivity contribution in [2.75, 3.05) is 24.7 Å². The average molecular weight is 892 g/mol. The maximum Gasteiger partial charge on any atom is 0.343 e.